The van der Waals surface area contributed by atoms with Crippen LogP contribution in [-0.4, -0.2) is 27.5 Å². The number of hydrogen-bond acceptors (Lipinski definition) is 2. The summed E-state index contributed by atoms with van der Waals surface area (Å²) in [5.41, 5.74) is 2.97. The Bertz CT molecular complexity index is 307. The molecule has 0 N–H and O–H groups in total. The Morgan fingerprint density at radius 1 is 1.21 bits per heavy atom. The van der Waals surface area contributed by atoms with E-state index in [4.69, 9.17) is 0 Å². The van der Waals surface area contributed by atoms with Crippen molar-refractivity contribution in [2.24, 2.45) is 0 Å². The molecular formula is C9H11B3NS. The van der Waals surface area contributed by atoms with Crippen LogP contribution in [0.3, 0.4) is 0 Å². The van der Waals surface area contributed by atoms with E-state index in [0.29, 0.717) is 0 Å². The summed E-state index contributed by atoms with van der Waals surface area (Å²) in [6.45, 7) is 4.00. The van der Waals surface area contributed by atoms with E-state index < -0.39 is 0 Å². The quantitative estimate of drug-likeness (QED) is 0.590. The highest BCUT2D eigenvalue weighted by Crippen LogP contribution is 2.15. The Hall–Kier alpha value is -0.695. The van der Waals surface area contributed by atoms with Crippen LogP contribution in [0.5, 0.6) is 0 Å². The summed E-state index contributed by atoms with van der Waals surface area (Å²) in [6.07, 6.45) is 0. The van der Waals surface area contributed by atoms with Gasteiger partial charge < -0.3 is 0 Å². The van der Waals surface area contributed by atoms with Crippen molar-refractivity contribution in [1.82, 2.24) is 4.98 Å². The van der Waals surface area contributed by atoms with Crippen LogP contribution in [0.25, 0.3) is 10.2 Å². The lowest BCUT2D eigenvalue weighted by molar-refractivity contribution is 1.50. The first-order chi connectivity index (χ1) is 6.88. The molecule has 0 fully saturated rings. The average Bonchev–Trinajstić information content (AvgIpc) is 2.69. The summed E-state index contributed by atoms with van der Waals surface area (Å²) in [4.78, 5) is 4.14. The third-order valence-electron chi connectivity index (χ3n) is 1.24. The van der Waals surface area contributed by atoms with E-state index in [0.717, 1.165) is 12.6 Å². The lowest BCUT2D eigenvalue weighted by Crippen LogP contribution is -1.79. The van der Waals surface area contributed by atoms with Crippen LogP contribution in [-0.2, 0) is 0 Å². The van der Waals surface area contributed by atoms with Crippen molar-refractivity contribution in [3.8, 4) is 0 Å². The Morgan fingerprint density at radius 3 is 2.36 bits per heavy atom. The molecule has 0 amide bonds. The minimum Gasteiger partial charge on any atom is -0.245 e. The molecule has 0 spiro atoms. The molecule has 0 unspecified atom stereocenters. The number of hydrogen-bond donors (Lipinski definition) is 0. The van der Waals surface area contributed by atoms with Crippen LogP contribution in [0.1, 0.15) is 13.8 Å². The summed E-state index contributed by atoms with van der Waals surface area (Å²) in [5.74, 6) is 0. The van der Waals surface area contributed by atoms with Crippen molar-refractivity contribution in [1.29, 1.82) is 0 Å². The maximum absolute atomic E-state index is 4.50. The van der Waals surface area contributed by atoms with Gasteiger partial charge >= 0.3 is 0 Å². The Kier molecular flexibility index (Phi) is 8.44. The SMILES string of the molecule is CC.[B][B][B].c1ccc2scnc2c1. The fourth-order valence-electron chi connectivity index (χ4n) is 0.803. The van der Waals surface area contributed by atoms with E-state index >= 15 is 0 Å². The van der Waals surface area contributed by atoms with Gasteiger partial charge in [-0.25, -0.2) is 4.98 Å². The summed E-state index contributed by atoms with van der Waals surface area (Å²) in [7, 11) is 10.0. The molecule has 67 valence electrons. The van der Waals surface area contributed by atoms with Gasteiger partial charge in [-0.2, -0.15) is 0 Å². The molecule has 2 rings (SSSR count). The lowest BCUT2D eigenvalue weighted by atomic mass is 9.40. The smallest absolute Gasteiger partial charge is 0.0812 e. The van der Waals surface area contributed by atoms with Crippen molar-refractivity contribution in [2.75, 3.05) is 0 Å². The minimum absolute atomic E-state index is 1.00. The second-order valence-corrected chi connectivity index (χ2v) is 2.90. The predicted molar refractivity (Wildman–Crippen MR) is 68.2 cm³/mol. The number of nitrogens with zero attached hydrogens (tertiary/aromatic N) is 1. The van der Waals surface area contributed by atoms with Gasteiger partial charge in [0.1, 0.15) is 0 Å². The molecule has 1 aromatic heterocycles. The van der Waals surface area contributed by atoms with E-state index in [1.165, 1.54) is 4.70 Å². The summed E-state index contributed by atoms with van der Waals surface area (Å²) in [5, 5.41) is 0. The molecule has 0 saturated carbocycles. The first kappa shape index (κ1) is 13.3. The number of rotatable bonds is 0. The molecule has 5 radical (unpaired) electrons. The molecule has 1 aromatic carbocycles. The van der Waals surface area contributed by atoms with Gasteiger partial charge in [-0.1, -0.05) is 26.0 Å². The molecule has 0 bridgehead atoms. The van der Waals surface area contributed by atoms with Crippen molar-refractivity contribution in [3.63, 3.8) is 0 Å². The van der Waals surface area contributed by atoms with E-state index in [9.17, 15) is 0 Å². The van der Waals surface area contributed by atoms with Gasteiger partial charge in [0.15, 0.2) is 0 Å². The van der Waals surface area contributed by atoms with Gasteiger partial charge in [-0.05, 0) is 12.1 Å². The Morgan fingerprint density at radius 2 is 1.79 bits per heavy atom. The van der Waals surface area contributed by atoms with Gasteiger partial charge in [-0.15, -0.1) is 11.3 Å². The summed E-state index contributed by atoms with van der Waals surface area (Å²) >= 11 is 1.68. The maximum atomic E-state index is 4.50. The molecule has 1 heterocycles. The number of aromatic nitrogens is 1. The van der Waals surface area contributed by atoms with Crippen LogP contribution < -0.4 is 0 Å². The average molecular weight is 198 g/mol. The van der Waals surface area contributed by atoms with Gasteiger partial charge in [0.05, 0.1) is 15.7 Å². The molecule has 5 heteroatoms. The standard InChI is InChI=1S/C7H5NS.C2H6.B3/c1-2-4-7-6(3-1)8-5-9-7;1-2;1-3-2/h1-5H;1-2H3;. The molecule has 1 nitrogen and oxygen atoms in total. The topological polar surface area (TPSA) is 12.9 Å². The normalized spacial score (nSPS) is 7.86. The Balaban J connectivity index is 0.000000294. The number of para-hydroxylation sites is 1. The van der Waals surface area contributed by atoms with Crippen LogP contribution in [0, 0.1) is 0 Å². The number of benzene rings is 1. The van der Waals surface area contributed by atoms with Gasteiger partial charge in [-0.3, -0.25) is 0 Å². The van der Waals surface area contributed by atoms with Crippen molar-refractivity contribution in [2.45, 2.75) is 13.8 Å². The van der Waals surface area contributed by atoms with E-state index in [1.807, 2.05) is 37.6 Å². The third kappa shape index (κ3) is 4.52. The second kappa shape index (κ2) is 8.88. The minimum atomic E-state index is 1.00. The van der Waals surface area contributed by atoms with Gasteiger partial charge in [0, 0.05) is 22.5 Å². The van der Waals surface area contributed by atoms with Crippen LogP contribution in [0.4, 0.5) is 0 Å². The zero-order valence-corrected chi connectivity index (χ0v) is 9.29. The zero-order valence-electron chi connectivity index (χ0n) is 8.47. The third-order valence-corrected chi connectivity index (χ3v) is 2.05. The van der Waals surface area contributed by atoms with Gasteiger partial charge in [0.25, 0.3) is 0 Å². The zero-order chi connectivity index (χ0) is 10.8. The molecule has 0 aliphatic heterocycles. The highest BCUT2D eigenvalue weighted by Gasteiger charge is 1.89. The first-order valence-electron chi connectivity index (χ1n) is 4.42. The van der Waals surface area contributed by atoms with Crippen LogP contribution in [0.15, 0.2) is 29.8 Å². The number of thiazole rings is 1. The molecule has 0 atom stereocenters. The van der Waals surface area contributed by atoms with E-state index in [2.05, 4.69) is 26.5 Å². The van der Waals surface area contributed by atoms with Crippen molar-refractivity contribution in [3.05, 3.63) is 29.8 Å². The summed E-state index contributed by atoms with van der Waals surface area (Å²) in [6, 6.07) is 8.13. The molecular weight excluding hydrogens is 187 g/mol. The molecule has 0 aliphatic carbocycles. The fraction of sp³-hybridized carbons (Fsp3) is 0.222. The van der Waals surface area contributed by atoms with Crippen LogP contribution >= 0.6 is 11.3 Å². The Labute approximate surface area is 93.0 Å². The van der Waals surface area contributed by atoms with Crippen molar-refractivity contribution >= 4 is 44.1 Å². The molecule has 0 aliphatic rings. The first-order valence-corrected chi connectivity index (χ1v) is 5.30. The highest BCUT2D eigenvalue weighted by molar-refractivity contribution is 7.17. The number of fused-ring (bicyclic) bond motifs is 1. The maximum Gasteiger partial charge on any atom is 0.0812 e. The lowest BCUT2D eigenvalue weighted by Gasteiger charge is -1.80. The molecule has 14 heavy (non-hydrogen) atoms. The summed E-state index contributed by atoms with van der Waals surface area (Å²) < 4.78 is 1.26. The second-order valence-electron chi connectivity index (χ2n) is 2.01. The largest absolute Gasteiger partial charge is 0.245 e. The molecule has 0 saturated heterocycles. The van der Waals surface area contributed by atoms with Gasteiger partial charge in [0.2, 0.25) is 0 Å². The van der Waals surface area contributed by atoms with Crippen molar-refractivity contribution < 1.29 is 0 Å². The predicted octanol–water partition coefficient (Wildman–Crippen LogP) is 2.18. The highest BCUT2D eigenvalue weighted by atomic mass is 32.1. The molecule has 2 aromatic rings. The van der Waals surface area contributed by atoms with Crippen LogP contribution in [0.2, 0.25) is 0 Å². The monoisotopic (exact) mass is 198 g/mol. The fourth-order valence-corrected chi connectivity index (χ4v) is 1.48. The van der Waals surface area contributed by atoms with E-state index in [-0.39, 0.29) is 0 Å². The van der Waals surface area contributed by atoms with E-state index in [1.54, 1.807) is 11.3 Å².